The molecule has 0 amide bonds. The fourth-order valence-electron chi connectivity index (χ4n) is 2.77. The van der Waals surface area contributed by atoms with Crippen LogP contribution in [0.1, 0.15) is 19.8 Å². The van der Waals surface area contributed by atoms with Gasteiger partial charge in [-0.2, -0.15) is 0 Å². The quantitative estimate of drug-likeness (QED) is 0.461. The van der Waals surface area contributed by atoms with Crippen LogP contribution < -0.4 is 0 Å². The van der Waals surface area contributed by atoms with E-state index < -0.39 is 17.4 Å². The van der Waals surface area contributed by atoms with Gasteiger partial charge in [0.2, 0.25) is 0 Å². The van der Waals surface area contributed by atoms with E-state index in [4.69, 9.17) is 9.47 Å². The average molecular weight is 198 g/mol. The first-order valence-electron chi connectivity index (χ1n) is 4.87. The Labute approximate surface area is 82.6 Å². The summed E-state index contributed by atoms with van der Waals surface area (Å²) in [6.45, 7) is 2.43. The molecule has 14 heavy (non-hydrogen) atoms. The number of fused-ring (bicyclic) bond motifs is 1. The van der Waals surface area contributed by atoms with E-state index in [1.165, 1.54) is 7.11 Å². The predicted octanol–water partition coefficient (Wildman–Crippen LogP) is 0.749. The Morgan fingerprint density at radius 2 is 2.36 bits per heavy atom. The molecule has 2 fully saturated rings. The highest BCUT2D eigenvalue weighted by molar-refractivity contribution is 6.02. The number of carbonyl (C=O) groups excluding carboxylic acids is 2. The zero-order chi connectivity index (χ0) is 10.3. The molecule has 0 aromatic carbocycles. The van der Waals surface area contributed by atoms with Crippen molar-refractivity contribution >= 4 is 11.9 Å². The van der Waals surface area contributed by atoms with Gasteiger partial charge >= 0.3 is 11.9 Å². The number of carbonyl (C=O) groups is 2. The third-order valence-corrected chi connectivity index (χ3v) is 3.38. The number of hydrogen-bond acceptors (Lipinski definition) is 4. The molecule has 0 unspecified atom stereocenters. The van der Waals surface area contributed by atoms with Gasteiger partial charge in [0.05, 0.1) is 13.7 Å². The van der Waals surface area contributed by atoms with Gasteiger partial charge in [-0.15, -0.1) is 0 Å². The van der Waals surface area contributed by atoms with Crippen molar-refractivity contribution in [2.24, 2.45) is 17.3 Å². The molecule has 78 valence electrons. The molecule has 0 N–H and O–H groups in total. The molecule has 0 aromatic heterocycles. The molecule has 1 heterocycles. The SMILES string of the molecule is COC(=O)[C@@]12C[C@H](C)C[C@@H]1COC2=O. The standard InChI is InChI=1S/C10H14O4/c1-6-3-7-5-14-9(12)10(7,4-6)8(11)13-2/h6-7H,3-5H2,1-2H3/t6-,7-,10-/m1/s1. The van der Waals surface area contributed by atoms with Crippen LogP contribution >= 0.6 is 0 Å². The number of rotatable bonds is 1. The lowest BCUT2D eigenvalue weighted by atomic mass is 9.80. The molecule has 3 atom stereocenters. The van der Waals surface area contributed by atoms with Crippen molar-refractivity contribution in [2.45, 2.75) is 19.8 Å². The van der Waals surface area contributed by atoms with Gasteiger partial charge in [-0.05, 0) is 18.8 Å². The van der Waals surface area contributed by atoms with Gasteiger partial charge in [0, 0.05) is 5.92 Å². The highest BCUT2D eigenvalue weighted by atomic mass is 16.6. The van der Waals surface area contributed by atoms with Crippen molar-refractivity contribution in [1.29, 1.82) is 0 Å². The van der Waals surface area contributed by atoms with Crippen LogP contribution in [0.5, 0.6) is 0 Å². The van der Waals surface area contributed by atoms with Crippen LogP contribution in [-0.2, 0) is 19.1 Å². The maximum atomic E-state index is 11.7. The van der Waals surface area contributed by atoms with Crippen molar-refractivity contribution in [3.63, 3.8) is 0 Å². The van der Waals surface area contributed by atoms with Gasteiger partial charge < -0.3 is 9.47 Å². The summed E-state index contributed by atoms with van der Waals surface area (Å²) in [6.07, 6.45) is 1.45. The van der Waals surface area contributed by atoms with E-state index in [1.54, 1.807) is 0 Å². The van der Waals surface area contributed by atoms with E-state index in [-0.39, 0.29) is 5.92 Å². The lowest BCUT2D eigenvalue weighted by Gasteiger charge is -2.20. The third kappa shape index (κ3) is 0.996. The second-order valence-electron chi connectivity index (χ2n) is 4.30. The van der Waals surface area contributed by atoms with Crippen molar-refractivity contribution in [3.8, 4) is 0 Å². The summed E-state index contributed by atoms with van der Waals surface area (Å²) in [4.78, 5) is 23.3. The number of cyclic esters (lactones) is 1. The molecule has 1 saturated heterocycles. The number of ether oxygens (including phenoxy) is 2. The molecule has 4 heteroatoms. The molecule has 0 spiro atoms. The first-order chi connectivity index (χ1) is 6.61. The molecule has 2 rings (SSSR count). The molecule has 4 nitrogen and oxygen atoms in total. The van der Waals surface area contributed by atoms with Gasteiger partial charge in [-0.3, -0.25) is 9.59 Å². The Morgan fingerprint density at radius 1 is 1.64 bits per heavy atom. The van der Waals surface area contributed by atoms with Crippen LogP contribution in [-0.4, -0.2) is 25.7 Å². The predicted molar refractivity (Wildman–Crippen MR) is 47.3 cm³/mol. The van der Waals surface area contributed by atoms with E-state index in [2.05, 4.69) is 6.92 Å². The maximum absolute atomic E-state index is 11.7. The van der Waals surface area contributed by atoms with Crippen molar-refractivity contribution in [3.05, 3.63) is 0 Å². The summed E-state index contributed by atoms with van der Waals surface area (Å²) in [6, 6.07) is 0. The van der Waals surface area contributed by atoms with Crippen LogP contribution in [0.3, 0.4) is 0 Å². The van der Waals surface area contributed by atoms with E-state index in [0.29, 0.717) is 18.9 Å². The minimum absolute atomic E-state index is 0.0254. The Kier molecular flexibility index (Phi) is 2.01. The Balaban J connectivity index is 2.35. The lowest BCUT2D eigenvalue weighted by Crippen LogP contribution is -2.39. The van der Waals surface area contributed by atoms with Gasteiger partial charge in [0.25, 0.3) is 0 Å². The number of esters is 2. The highest BCUT2D eigenvalue weighted by Crippen LogP contribution is 2.51. The van der Waals surface area contributed by atoms with Crippen molar-refractivity contribution < 1.29 is 19.1 Å². The van der Waals surface area contributed by atoms with Crippen molar-refractivity contribution in [2.75, 3.05) is 13.7 Å². The summed E-state index contributed by atoms with van der Waals surface area (Å²) in [5.74, 6) is -0.391. The van der Waals surface area contributed by atoms with Crippen molar-refractivity contribution in [1.82, 2.24) is 0 Å². The molecule has 1 saturated carbocycles. The first-order valence-corrected chi connectivity index (χ1v) is 4.87. The number of methoxy groups -OCH3 is 1. The maximum Gasteiger partial charge on any atom is 0.323 e. The summed E-state index contributed by atoms with van der Waals surface area (Å²) in [5.41, 5.74) is -0.978. The zero-order valence-corrected chi connectivity index (χ0v) is 8.41. The molecular formula is C10H14O4. The topological polar surface area (TPSA) is 52.6 Å². The molecule has 1 aliphatic heterocycles. The highest BCUT2D eigenvalue weighted by Gasteiger charge is 2.63. The van der Waals surface area contributed by atoms with Gasteiger partial charge in [-0.1, -0.05) is 6.92 Å². The molecule has 2 aliphatic rings. The second kappa shape index (κ2) is 2.97. The van der Waals surface area contributed by atoms with Crippen LogP contribution in [0.2, 0.25) is 0 Å². The Bertz CT molecular complexity index is 286. The van der Waals surface area contributed by atoms with E-state index >= 15 is 0 Å². The molecule has 0 radical (unpaired) electrons. The van der Waals surface area contributed by atoms with E-state index in [9.17, 15) is 9.59 Å². The second-order valence-corrected chi connectivity index (χ2v) is 4.30. The Hall–Kier alpha value is -1.06. The Morgan fingerprint density at radius 3 is 3.00 bits per heavy atom. The first kappa shape index (κ1) is 9.49. The fraction of sp³-hybridized carbons (Fsp3) is 0.800. The molecule has 0 aromatic rings. The zero-order valence-electron chi connectivity index (χ0n) is 8.41. The summed E-state index contributed by atoms with van der Waals surface area (Å²) in [5, 5.41) is 0. The van der Waals surface area contributed by atoms with Crippen LogP contribution in [0.25, 0.3) is 0 Å². The average Bonchev–Trinajstić information content (AvgIpc) is 2.63. The van der Waals surface area contributed by atoms with E-state index in [1.807, 2.05) is 0 Å². The van der Waals surface area contributed by atoms with Crippen LogP contribution in [0, 0.1) is 17.3 Å². The minimum Gasteiger partial charge on any atom is -0.468 e. The normalized spacial score (nSPS) is 40.6. The molecule has 1 aliphatic carbocycles. The molecule has 0 bridgehead atoms. The smallest absolute Gasteiger partial charge is 0.323 e. The lowest BCUT2D eigenvalue weighted by molar-refractivity contribution is -0.163. The monoisotopic (exact) mass is 198 g/mol. The van der Waals surface area contributed by atoms with Gasteiger partial charge in [-0.25, -0.2) is 0 Å². The third-order valence-electron chi connectivity index (χ3n) is 3.38. The number of hydrogen-bond donors (Lipinski definition) is 0. The van der Waals surface area contributed by atoms with Crippen LogP contribution in [0.4, 0.5) is 0 Å². The largest absolute Gasteiger partial charge is 0.468 e. The summed E-state index contributed by atoms with van der Waals surface area (Å²) in [7, 11) is 1.32. The van der Waals surface area contributed by atoms with Crippen LogP contribution in [0.15, 0.2) is 0 Å². The summed E-state index contributed by atoms with van der Waals surface area (Å²) >= 11 is 0. The minimum atomic E-state index is -0.978. The van der Waals surface area contributed by atoms with Gasteiger partial charge in [0.1, 0.15) is 0 Å². The summed E-state index contributed by atoms with van der Waals surface area (Å²) < 4.78 is 9.67. The molecular weight excluding hydrogens is 184 g/mol. The van der Waals surface area contributed by atoms with Gasteiger partial charge in [0.15, 0.2) is 5.41 Å². The fourth-order valence-corrected chi connectivity index (χ4v) is 2.77. The van der Waals surface area contributed by atoms with E-state index in [0.717, 1.165) is 6.42 Å².